The molecule has 2 rings (SSSR count). The van der Waals surface area contributed by atoms with Gasteiger partial charge in [0.15, 0.2) is 5.76 Å². The lowest BCUT2D eigenvalue weighted by atomic mass is 10.1. The molecule has 1 aromatic carbocycles. The van der Waals surface area contributed by atoms with Gasteiger partial charge < -0.3 is 26.2 Å². The van der Waals surface area contributed by atoms with Gasteiger partial charge in [-0.2, -0.15) is 0 Å². The summed E-state index contributed by atoms with van der Waals surface area (Å²) in [6.07, 6.45) is 1.48. The van der Waals surface area contributed by atoms with Crippen molar-refractivity contribution in [2.45, 2.75) is 19.4 Å². The zero-order chi connectivity index (χ0) is 20.1. The number of aryl methyl sites for hydroxylation is 1. The number of furan rings is 1. The molecule has 0 aliphatic rings. The highest BCUT2D eigenvalue weighted by atomic mass is 19.1. The van der Waals surface area contributed by atoms with E-state index in [0.717, 1.165) is 6.07 Å². The van der Waals surface area contributed by atoms with E-state index in [-0.39, 0.29) is 18.7 Å². The molecule has 7 N–H and O–H groups in total. The van der Waals surface area contributed by atoms with Gasteiger partial charge in [0.2, 0.25) is 0 Å². The van der Waals surface area contributed by atoms with Gasteiger partial charge in [0, 0.05) is 37.5 Å². The molecule has 0 radical (unpaired) electrons. The second-order valence-corrected chi connectivity index (χ2v) is 6.13. The molecule has 1 amide bonds. The predicted molar refractivity (Wildman–Crippen MR) is 97.9 cm³/mol. The Morgan fingerprint density at radius 2 is 1.93 bits per heavy atom. The minimum Gasteiger partial charge on any atom is -0.455 e. The molecule has 0 saturated heterocycles. The number of carbonyl (C=O) groups is 1. The highest BCUT2D eigenvalue weighted by Crippen LogP contribution is 2.23. The minimum absolute atomic E-state index is 0.0487. The second-order valence-electron chi connectivity index (χ2n) is 6.13. The van der Waals surface area contributed by atoms with Crippen molar-refractivity contribution in [3.05, 3.63) is 64.7 Å². The summed E-state index contributed by atoms with van der Waals surface area (Å²) in [5.74, 6) is 4.34. The van der Waals surface area contributed by atoms with Gasteiger partial charge in [-0.25, -0.2) is 14.6 Å². The summed E-state index contributed by atoms with van der Waals surface area (Å²) in [6.45, 7) is 1.75. The topological polar surface area (TPSA) is 124 Å². The quantitative estimate of drug-likeness (QED) is 0.424. The monoisotopic (exact) mass is 379 g/mol. The normalized spacial score (nSPS) is 12.7. The van der Waals surface area contributed by atoms with E-state index >= 15 is 0 Å². The number of rotatable bonds is 7. The Hall–Kier alpha value is -2.91. The average molecular weight is 379 g/mol. The largest absolute Gasteiger partial charge is 0.455 e. The first-order chi connectivity index (χ1) is 12.7. The third kappa shape index (κ3) is 5.05. The van der Waals surface area contributed by atoms with Crippen LogP contribution in [0.2, 0.25) is 0 Å². The molecule has 0 aliphatic carbocycles. The van der Waals surface area contributed by atoms with Gasteiger partial charge in [-0.15, -0.1) is 0 Å². The molecule has 1 unspecified atom stereocenters. The van der Waals surface area contributed by atoms with Crippen LogP contribution in [0.15, 0.2) is 34.9 Å². The second kappa shape index (κ2) is 8.65. The molecule has 1 aromatic heterocycles. The Morgan fingerprint density at radius 3 is 2.44 bits per heavy atom. The minimum atomic E-state index is -0.689. The number of carbonyl (C=O) groups excluding carboxylic acids is 1. The van der Waals surface area contributed by atoms with Crippen molar-refractivity contribution in [3.63, 3.8) is 0 Å². The van der Waals surface area contributed by atoms with Gasteiger partial charge >= 0.3 is 0 Å². The number of hydrogen-bond acceptors (Lipinski definition) is 6. The molecule has 0 aliphatic heterocycles. The molecular formula is C18H23F2N5O2. The standard InChI is InChI=1S/C18H23F2N5O2/c1-10-15(16(9-22)25(2)23)7-17(27-10)18(26)24-14(8-21)5-11-3-12(19)6-13(20)4-11/h3-4,6-7,9,14H,5,8,21-23H2,1-2H3,(H,24,26)/b16-9-. The average Bonchev–Trinajstić information content (AvgIpc) is 2.95. The first-order valence-electron chi connectivity index (χ1n) is 8.22. The number of benzene rings is 1. The van der Waals surface area contributed by atoms with Crippen LogP contribution in [0.3, 0.4) is 0 Å². The van der Waals surface area contributed by atoms with E-state index in [1.807, 2.05) is 0 Å². The van der Waals surface area contributed by atoms with Crippen molar-refractivity contribution >= 4 is 11.6 Å². The maximum atomic E-state index is 13.3. The van der Waals surface area contributed by atoms with Crippen LogP contribution in [0.5, 0.6) is 0 Å². The summed E-state index contributed by atoms with van der Waals surface area (Å²) in [6, 6.07) is 4.16. The summed E-state index contributed by atoms with van der Waals surface area (Å²) in [5, 5.41) is 4.01. The number of hydrazine groups is 1. The Balaban J connectivity index is 2.15. The van der Waals surface area contributed by atoms with E-state index in [2.05, 4.69) is 5.32 Å². The number of halogens is 2. The highest BCUT2D eigenvalue weighted by Gasteiger charge is 2.20. The summed E-state index contributed by atoms with van der Waals surface area (Å²) in [4.78, 5) is 12.5. The van der Waals surface area contributed by atoms with Crippen molar-refractivity contribution in [1.82, 2.24) is 10.3 Å². The molecule has 9 heteroatoms. The zero-order valence-corrected chi connectivity index (χ0v) is 15.1. The smallest absolute Gasteiger partial charge is 0.287 e. The van der Waals surface area contributed by atoms with Gasteiger partial charge in [-0.1, -0.05) is 0 Å². The zero-order valence-electron chi connectivity index (χ0n) is 15.1. The third-order valence-electron chi connectivity index (χ3n) is 3.98. The number of hydrogen-bond donors (Lipinski definition) is 4. The van der Waals surface area contributed by atoms with E-state index in [1.54, 1.807) is 14.0 Å². The van der Waals surface area contributed by atoms with Crippen LogP contribution in [0.4, 0.5) is 8.78 Å². The lowest BCUT2D eigenvalue weighted by Gasteiger charge is -2.16. The van der Waals surface area contributed by atoms with Gasteiger partial charge in [0.25, 0.3) is 5.91 Å². The number of nitrogens with one attached hydrogen (secondary N) is 1. The Bertz CT molecular complexity index is 828. The van der Waals surface area contributed by atoms with Crippen LogP contribution in [-0.4, -0.2) is 30.6 Å². The van der Waals surface area contributed by atoms with Crippen LogP contribution in [0.25, 0.3) is 5.70 Å². The lowest BCUT2D eigenvalue weighted by molar-refractivity contribution is 0.0908. The van der Waals surface area contributed by atoms with Crippen molar-refractivity contribution in [2.24, 2.45) is 17.3 Å². The molecule has 1 atom stereocenters. The Morgan fingerprint density at radius 1 is 1.30 bits per heavy atom. The molecule has 0 fully saturated rings. The Kier molecular flexibility index (Phi) is 6.54. The van der Waals surface area contributed by atoms with Crippen LogP contribution in [-0.2, 0) is 6.42 Å². The van der Waals surface area contributed by atoms with Crippen LogP contribution >= 0.6 is 0 Å². The summed E-state index contributed by atoms with van der Waals surface area (Å²) >= 11 is 0. The van der Waals surface area contributed by atoms with Gasteiger partial charge in [0.1, 0.15) is 17.4 Å². The third-order valence-corrected chi connectivity index (χ3v) is 3.98. The highest BCUT2D eigenvalue weighted by molar-refractivity contribution is 5.93. The molecule has 146 valence electrons. The Labute approximate surface area is 155 Å². The van der Waals surface area contributed by atoms with E-state index in [4.69, 9.17) is 21.7 Å². The molecule has 7 nitrogen and oxygen atoms in total. The van der Waals surface area contributed by atoms with Crippen LogP contribution in [0, 0.1) is 18.6 Å². The molecule has 0 saturated carbocycles. The van der Waals surface area contributed by atoms with E-state index in [9.17, 15) is 13.6 Å². The molecule has 27 heavy (non-hydrogen) atoms. The van der Waals surface area contributed by atoms with Gasteiger partial charge in [0.05, 0.1) is 5.70 Å². The number of amides is 1. The summed E-state index contributed by atoms with van der Waals surface area (Å²) < 4.78 is 32.1. The molecular weight excluding hydrogens is 356 g/mol. The van der Waals surface area contributed by atoms with Crippen molar-refractivity contribution < 1.29 is 18.0 Å². The van der Waals surface area contributed by atoms with E-state index in [0.29, 0.717) is 22.6 Å². The van der Waals surface area contributed by atoms with E-state index < -0.39 is 23.6 Å². The van der Waals surface area contributed by atoms with E-state index in [1.165, 1.54) is 29.4 Å². The van der Waals surface area contributed by atoms with Crippen molar-refractivity contribution in [1.29, 1.82) is 0 Å². The first kappa shape index (κ1) is 20.4. The van der Waals surface area contributed by atoms with Crippen molar-refractivity contribution in [2.75, 3.05) is 13.6 Å². The fourth-order valence-electron chi connectivity index (χ4n) is 2.71. The molecule has 0 spiro atoms. The van der Waals surface area contributed by atoms with Crippen LogP contribution < -0.4 is 22.6 Å². The number of nitrogens with zero attached hydrogens (tertiary/aromatic N) is 1. The lowest BCUT2D eigenvalue weighted by Crippen LogP contribution is -2.41. The molecule has 2 aromatic rings. The maximum Gasteiger partial charge on any atom is 0.287 e. The fraction of sp³-hybridized carbons (Fsp3) is 0.278. The van der Waals surface area contributed by atoms with Gasteiger partial charge in [-0.05, 0) is 37.1 Å². The van der Waals surface area contributed by atoms with Gasteiger partial charge in [-0.3, -0.25) is 4.79 Å². The summed E-state index contributed by atoms with van der Waals surface area (Å²) in [7, 11) is 1.60. The molecule has 0 bridgehead atoms. The summed E-state index contributed by atoms with van der Waals surface area (Å²) in [5.41, 5.74) is 12.7. The first-order valence-corrected chi connectivity index (χ1v) is 8.22. The molecule has 1 heterocycles. The predicted octanol–water partition coefficient (Wildman–Crippen LogP) is 1.23. The van der Waals surface area contributed by atoms with Crippen molar-refractivity contribution in [3.8, 4) is 0 Å². The van der Waals surface area contributed by atoms with Crippen LogP contribution in [0.1, 0.15) is 27.4 Å². The SMILES string of the molecule is Cc1oc(C(=O)NC(CN)Cc2cc(F)cc(F)c2)cc1/C(=C/N)N(C)N. The maximum absolute atomic E-state index is 13.3. The number of nitrogens with two attached hydrogens (primary N) is 3. The fourth-order valence-corrected chi connectivity index (χ4v) is 2.71.